The first-order chi connectivity index (χ1) is 10.1. The van der Waals surface area contributed by atoms with Crippen LogP contribution in [-0.2, 0) is 0 Å². The van der Waals surface area contributed by atoms with Gasteiger partial charge in [0, 0.05) is 17.0 Å². The number of hydrogen-bond donors (Lipinski definition) is 1. The molecule has 0 amide bonds. The average molecular weight is 279 g/mol. The topological polar surface area (TPSA) is 59.4 Å². The smallest absolute Gasteiger partial charge is 0.337 e. The third-order valence-electron chi connectivity index (χ3n) is 3.22. The maximum Gasteiger partial charge on any atom is 0.337 e. The van der Waals surface area contributed by atoms with Crippen LogP contribution in [0.4, 0.5) is 0 Å². The Kier molecular flexibility index (Phi) is 3.28. The highest BCUT2D eigenvalue weighted by Crippen LogP contribution is 2.29. The van der Waals surface area contributed by atoms with Crippen LogP contribution in [0.15, 0.2) is 54.7 Å². The molecule has 0 bridgehead atoms. The highest BCUT2D eigenvalue weighted by Gasteiger charge is 2.13. The van der Waals surface area contributed by atoms with Crippen LogP contribution in [0.3, 0.4) is 0 Å². The lowest BCUT2D eigenvalue weighted by atomic mass is 10.1. The zero-order chi connectivity index (χ0) is 14.8. The Morgan fingerprint density at radius 3 is 2.38 bits per heavy atom. The minimum absolute atomic E-state index is 0.168. The summed E-state index contributed by atoms with van der Waals surface area (Å²) in [6, 6.07) is 14.8. The van der Waals surface area contributed by atoms with Gasteiger partial charge in [0.1, 0.15) is 5.75 Å². The molecule has 0 atom stereocenters. The summed E-state index contributed by atoms with van der Waals surface area (Å²) in [7, 11) is 0. The molecule has 0 radical (unpaired) electrons. The first-order valence-electron chi connectivity index (χ1n) is 6.51. The summed E-state index contributed by atoms with van der Waals surface area (Å²) in [5.41, 5.74) is 1.31. The van der Waals surface area contributed by atoms with Crippen molar-refractivity contribution in [3.8, 4) is 11.6 Å². The summed E-state index contributed by atoms with van der Waals surface area (Å²) in [4.78, 5) is 15.4. The van der Waals surface area contributed by atoms with Gasteiger partial charge in [-0.25, -0.2) is 9.78 Å². The maximum atomic E-state index is 11.2. The monoisotopic (exact) mass is 279 g/mol. The SMILES string of the molecule is Cc1ccc(Oc2ncc(C(=O)O)c3ccccc23)cc1. The molecule has 4 heteroatoms. The van der Waals surface area contributed by atoms with Crippen molar-refractivity contribution in [2.75, 3.05) is 0 Å². The van der Waals surface area contributed by atoms with Gasteiger partial charge in [-0.2, -0.15) is 0 Å². The second-order valence-electron chi connectivity index (χ2n) is 4.74. The van der Waals surface area contributed by atoms with Gasteiger partial charge in [-0.05, 0) is 25.1 Å². The van der Waals surface area contributed by atoms with Gasteiger partial charge in [0.25, 0.3) is 0 Å². The molecule has 21 heavy (non-hydrogen) atoms. The molecule has 1 N–H and O–H groups in total. The lowest BCUT2D eigenvalue weighted by Crippen LogP contribution is -2.00. The van der Waals surface area contributed by atoms with E-state index in [9.17, 15) is 9.90 Å². The van der Waals surface area contributed by atoms with Crippen molar-refractivity contribution < 1.29 is 14.6 Å². The van der Waals surface area contributed by atoms with E-state index in [1.165, 1.54) is 6.20 Å². The predicted octanol–water partition coefficient (Wildman–Crippen LogP) is 4.03. The third kappa shape index (κ3) is 2.56. The summed E-state index contributed by atoms with van der Waals surface area (Å²) < 4.78 is 5.78. The zero-order valence-corrected chi connectivity index (χ0v) is 11.4. The van der Waals surface area contributed by atoms with Crippen LogP contribution < -0.4 is 4.74 Å². The largest absolute Gasteiger partial charge is 0.478 e. The second-order valence-corrected chi connectivity index (χ2v) is 4.74. The van der Waals surface area contributed by atoms with Crippen LogP contribution in [0.5, 0.6) is 11.6 Å². The van der Waals surface area contributed by atoms with Crippen molar-refractivity contribution in [2.45, 2.75) is 6.92 Å². The molecule has 3 rings (SSSR count). The summed E-state index contributed by atoms with van der Waals surface area (Å²) >= 11 is 0. The lowest BCUT2D eigenvalue weighted by molar-refractivity contribution is 0.0698. The first-order valence-corrected chi connectivity index (χ1v) is 6.51. The number of carboxylic acid groups (broad SMARTS) is 1. The van der Waals surface area contributed by atoms with Crippen molar-refractivity contribution >= 4 is 16.7 Å². The molecule has 0 aliphatic carbocycles. The van der Waals surface area contributed by atoms with Crippen LogP contribution >= 0.6 is 0 Å². The fourth-order valence-corrected chi connectivity index (χ4v) is 2.14. The minimum Gasteiger partial charge on any atom is -0.478 e. The Labute approximate surface area is 121 Å². The summed E-state index contributed by atoms with van der Waals surface area (Å²) in [6.07, 6.45) is 1.33. The standard InChI is InChI=1S/C17H13NO3/c1-11-6-8-12(9-7-11)21-16-14-5-3-2-4-13(14)15(10-18-16)17(19)20/h2-10H,1H3,(H,19,20). The van der Waals surface area contributed by atoms with Crippen molar-refractivity contribution in [2.24, 2.45) is 0 Å². The van der Waals surface area contributed by atoms with E-state index in [0.29, 0.717) is 22.4 Å². The van der Waals surface area contributed by atoms with Crippen molar-refractivity contribution in [3.63, 3.8) is 0 Å². The van der Waals surface area contributed by atoms with Crippen LogP contribution in [0.25, 0.3) is 10.8 Å². The molecular weight excluding hydrogens is 266 g/mol. The van der Waals surface area contributed by atoms with E-state index in [1.807, 2.05) is 37.3 Å². The molecular formula is C17H13NO3. The molecule has 0 saturated carbocycles. The molecule has 0 spiro atoms. The number of aromatic carboxylic acids is 1. The van der Waals surface area contributed by atoms with Crippen LogP contribution in [-0.4, -0.2) is 16.1 Å². The number of fused-ring (bicyclic) bond motifs is 1. The summed E-state index contributed by atoms with van der Waals surface area (Å²) in [5, 5.41) is 10.5. The van der Waals surface area contributed by atoms with Gasteiger partial charge in [-0.1, -0.05) is 35.9 Å². The van der Waals surface area contributed by atoms with Gasteiger partial charge >= 0.3 is 5.97 Å². The summed E-state index contributed by atoms with van der Waals surface area (Å²) in [6.45, 7) is 2.00. The van der Waals surface area contributed by atoms with E-state index in [4.69, 9.17) is 4.74 Å². The molecule has 104 valence electrons. The normalized spacial score (nSPS) is 10.5. The van der Waals surface area contributed by atoms with Crippen LogP contribution in [0.1, 0.15) is 15.9 Å². The third-order valence-corrected chi connectivity index (χ3v) is 3.22. The first kappa shape index (κ1) is 13.1. The van der Waals surface area contributed by atoms with E-state index in [-0.39, 0.29) is 5.56 Å². The number of rotatable bonds is 3. The van der Waals surface area contributed by atoms with Crippen LogP contribution in [0.2, 0.25) is 0 Å². The highest BCUT2D eigenvalue weighted by atomic mass is 16.5. The minimum atomic E-state index is -0.999. The number of carboxylic acids is 1. The Balaban J connectivity index is 2.09. The molecule has 0 fully saturated rings. The van der Waals surface area contributed by atoms with E-state index in [1.54, 1.807) is 18.2 Å². The number of aryl methyl sites for hydroxylation is 1. The number of hydrogen-bond acceptors (Lipinski definition) is 3. The molecule has 2 aromatic carbocycles. The number of pyridine rings is 1. The molecule has 3 aromatic rings. The van der Waals surface area contributed by atoms with Gasteiger partial charge in [0.05, 0.1) is 5.56 Å². The fraction of sp³-hybridized carbons (Fsp3) is 0.0588. The number of benzene rings is 2. The second kappa shape index (κ2) is 5.25. The number of aromatic nitrogens is 1. The van der Waals surface area contributed by atoms with Crippen molar-refractivity contribution in [3.05, 3.63) is 65.9 Å². The quantitative estimate of drug-likeness (QED) is 0.786. The average Bonchev–Trinajstić information content (AvgIpc) is 2.49. The molecule has 1 heterocycles. The van der Waals surface area contributed by atoms with Gasteiger partial charge < -0.3 is 9.84 Å². The predicted molar refractivity (Wildman–Crippen MR) is 80.0 cm³/mol. The van der Waals surface area contributed by atoms with E-state index < -0.39 is 5.97 Å². The van der Waals surface area contributed by atoms with Crippen molar-refractivity contribution in [1.29, 1.82) is 0 Å². The van der Waals surface area contributed by atoms with E-state index in [0.717, 1.165) is 5.56 Å². The molecule has 0 unspecified atom stereocenters. The Morgan fingerprint density at radius 1 is 1.05 bits per heavy atom. The van der Waals surface area contributed by atoms with Gasteiger partial charge in [0.15, 0.2) is 0 Å². The van der Waals surface area contributed by atoms with E-state index >= 15 is 0 Å². The number of ether oxygens (including phenoxy) is 1. The van der Waals surface area contributed by atoms with Crippen LogP contribution in [0, 0.1) is 6.92 Å². The van der Waals surface area contributed by atoms with E-state index in [2.05, 4.69) is 4.98 Å². The fourth-order valence-electron chi connectivity index (χ4n) is 2.14. The zero-order valence-electron chi connectivity index (χ0n) is 11.4. The summed E-state index contributed by atoms with van der Waals surface area (Å²) in [5.74, 6) is 0.0707. The molecule has 0 aliphatic heterocycles. The number of carbonyl (C=O) groups is 1. The molecule has 0 saturated heterocycles. The highest BCUT2D eigenvalue weighted by molar-refractivity contribution is 6.04. The Hall–Kier alpha value is -2.88. The number of nitrogens with zero attached hydrogens (tertiary/aromatic N) is 1. The Bertz CT molecular complexity index is 810. The van der Waals surface area contributed by atoms with Gasteiger partial charge in [-0.3, -0.25) is 0 Å². The van der Waals surface area contributed by atoms with Crippen molar-refractivity contribution in [1.82, 2.24) is 4.98 Å². The maximum absolute atomic E-state index is 11.2. The van der Waals surface area contributed by atoms with Gasteiger partial charge in [0.2, 0.25) is 5.88 Å². The lowest BCUT2D eigenvalue weighted by Gasteiger charge is -2.09. The molecule has 4 nitrogen and oxygen atoms in total. The molecule has 1 aromatic heterocycles. The van der Waals surface area contributed by atoms with Gasteiger partial charge in [-0.15, -0.1) is 0 Å². The molecule has 0 aliphatic rings. The Morgan fingerprint density at radius 2 is 1.71 bits per heavy atom.